The van der Waals surface area contributed by atoms with E-state index in [1.165, 1.54) is 12.0 Å². The van der Waals surface area contributed by atoms with Gasteiger partial charge in [-0.15, -0.1) is 0 Å². The molecule has 0 radical (unpaired) electrons. The molecule has 0 bridgehead atoms. The zero-order valence-corrected chi connectivity index (χ0v) is 19.3. The van der Waals surface area contributed by atoms with Crippen LogP contribution in [0.15, 0.2) is 53.1 Å². The summed E-state index contributed by atoms with van der Waals surface area (Å²) in [5.74, 6) is 1.33. The monoisotopic (exact) mass is 455 g/mol. The van der Waals surface area contributed by atoms with Gasteiger partial charge in [-0.25, -0.2) is 0 Å². The van der Waals surface area contributed by atoms with Crippen LogP contribution >= 0.6 is 0 Å². The summed E-state index contributed by atoms with van der Waals surface area (Å²) in [5.41, 5.74) is 3.54. The summed E-state index contributed by atoms with van der Waals surface area (Å²) in [5, 5.41) is 7.16. The molecule has 32 heavy (non-hydrogen) atoms. The maximum Gasteiger partial charge on any atom is 0.272 e. The molecular weight excluding hydrogens is 426 g/mol. The number of rotatable bonds is 10. The summed E-state index contributed by atoms with van der Waals surface area (Å²) in [7, 11) is -3.65. The molecule has 3 aromatic rings. The number of nitrogens with zero attached hydrogens (tertiary/aromatic N) is 2. The first-order chi connectivity index (χ1) is 15.4. The van der Waals surface area contributed by atoms with Crippen LogP contribution < -0.4 is 5.32 Å². The highest BCUT2D eigenvalue weighted by Gasteiger charge is 2.19. The minimum atomic E-state index is -3.65. The predicted octanol–water partition coefficient (Wildman–Crippen LogP) is 4.55. The van der Waals surface area contributed by atoms with Crippen LogP contribution in [-0.4, -0.2) is 31.3 Å². The fraction of sp³-hybridized carbons (Fsp3) is 0.417. The van der Waals surface area contributed by atoms with E-state index in [2.05, 4.69) is 41.4 Å². The van der Waals surface area contributed by atoms with Gasteiger partial charge >= 0.3 is 0 Å². The molecule has 7 nitrogen and oxygen atoms in total. The Balaban J connectivity index is 1.36. The van der Waals surface area contributed by atoms with Crippen molar-refractivity contribution >= 4 is 10.1 Å². The average molecular weight is 456 g/mol. The van der Waals surface area contributed by atoms with Gasteiger partial charge in [-0.2, -0.15) is 13.4 Å². The van der Waals surface area contributed by atoms with E-state index in [1.54, 1.807) is 24.3 Å². The molecule has 0 saturated heterocycles. The highest BCUT2D eigenvalue weighted by Crippen LogP contribution is 2.24. The minimum absolute atomic E-state index is 0.0230. The molecule has 0 spiro atoms. The van der Waals surface area contributed by atoms with Gasteiger partial charge in [-0.3, -0.25) is 9.50 Å². The van der Waals surface area contributed by atoms with Crippen LogP contribution in [0.4, 0.5) is 0 Å². The molecule has 0 amide bonds. The maximum absolute atomic E-state index is 12.2. The Hall–Kier alpha value is -2.55. The van der Waals surface area contributed by atoms with Crippen molar-refractivity contribution in [2.75, 3.05) is 6.73 Å². The molecule has 1 N–H and O–H groups in total. The highest BCUT2D eigenvalue weighted by atomic mass is 32.2. The molecular formula is C24H29N3O4S. The smallest absolute Gasteiger partial charge is 0.272 e. The number of aromatic nitrogens is 2. The second-order valence-electron chi connectivity index (χ2n) is 8.71. The van der Waals surface area contributed by atoms with Gasteiger partial charge in [0.15, 0.2) is 0 Å². The number of hydrogen-bond acceptors (Lipinski definition) is 7. The summed E-state index contributed by atoms with van der Waals surface area (Å²) in [4.78, 5) is 4.49. The first-order valence-corrected chi connectivity index (χ1v) is 12.6. The van der Waals surface area contributed by atoms with Crippen molar-refractivity contribution in [1.29, 1.82) is 0 Å². The number of benzene rings is 2. The largest absolute Gasteiger partial charge is 0.334 e. The standard InChI is InChI=1S/C24H29N3O4S/c1-17(2)14-18-6-12-21(13-7-18)24-26-23(27-31-24)20-10-8-19(9-11-20)15-32(28,29)30-16-25-22-4-3-5-22/h6-13,17,22,25H,3-5,14-16H2,1-2H3. The molecule has 1 fully saturated rings. The van der Waals surface area contributed by atoms with Crippen LogP contribution in [0.5, 0.6) is 0 Å². The predicted molar refractivity (Wildman–Crippen MR) is 123 cm³/mol. The third kappa shape index (κ3) is 6.03. The van der Waals surface area contributed by atoms with Crippen molar-refractivity contribution in [3.8, 4) is 22.8 Å². The van der Waals surface area contributed by atoms with Gasteiger partial charge in [-0.05, 0) is 48.4 Å². The van der Waals surface area contributed by atoms with Crippen molar-refractivity contribution in [3.05, 3.63) is 59.7 Å². The Morgan fingerprint density at radius 1 is 1.03 bits per heavy atom. The Morgan fingerprint density at radius 2 is 1.69 bits per heavy atom. The fourth-order valence-electron chi connectivity index (χ4n) is 3.56. The molecule has 8 heteroatoms. The van der Waals surface area contributed by atoms with Crippen molar-refractivity contribution in [3.63, 3.8) is 0 Å². The van der Waals surface area contributed by atoms with Gasteiger partial charge < -0.3 is 4.52 Å². The van der Waals surface area contributed by atoms with Gasteiger partial charge in [0, 0.05) is 17.2 Å². The fourth-order valence-corrected chi connectivity index (χ4v) is 4.49. The minimum Gasteiger partial charge on any atom is -0.334 e. The summed E-state index contributed by atoms with van der Waals surface area (Å²) >= 11 is 0. The Morgan fingerprint density at radius 3 is 2.31 bits per heavy atom. The van der Waals surface area contributed by atoms with E-state index < -0.39 is 10.1 Å². The Bertz CT molecular complexity index is 1120. The summed E-state index contributed by atoms with van der Waals surface area (Å²) in [6, 6.07) is 15.6. The summed E-state index contributed by atoms with van der Waals surface area (Å²) in [6.45, 7) is 4.41. The van der Waals surface area contributed by atoms with E-state index in [9.17, 15) is 8.42 Å². The third-order valence-electron chi connectivity index (χ3n) is 5.54. The lowest BCUT2D eigenvalue weighted by atomic mass is 9.94. The molecule has 0 unspecified atom stereocenters. The van der Waals surface area contributed by atoms with E-state index in [4.69, 9.17) is 8.71 Å². The first-order valence-electron chi connectivity index (χ1n) is 11.0. The van der Waals surface area contributed by atoms with Crippen LogP contribution in [0.25, 0.3) is 22.8 Å². The van der Waals surface area contributed by atoms with Gasteiger partial charge in [0.2, 0.25) is 5.82 Å². The molecule has 1 aliphatic rings. The van der Waals surface area contributed by atoms with Gasteiger partial charge in [-0.1, -0.05) is 61.8 Å². The maximum atomic E-state index is 12.2. The third-order valence-corrected chi connectivity index (χ3v) is 6.71. The lowest BCUT2D eigenvalue weighted by molar-refractivity contribution is 0.228. The molecule has 4 rings (SSSR count). The van der Waals surface area contributed by atoms with E-state index in [-0.39, 0.29) is 12.5 Å². The van der Waals surface area contributed by atoms with E-state index >= 15 is 0 Å². The van der Waals surface area contributed by atoms with Gasteiger partial charge in [0.1, 0.15) is 12.5 Å². The van der Waals surface area contributed by atoms with Crippen molar-refractivity contribution < 1.29 is 17.1 Å². The number of hydrogen-bond donors (Lipinski definition) is 1. The zero-order chi connectivity index (χ0) is 22.6. The highest BCUT2D eigenvalue weighted by molar-refractivity contribution is 7.85. The molecule has 2 aromatic carbocycles. The van der Waals surface area contributed by atoms with Crippen molar-refractivity contribution in [1.82, 2.24) is 15.5 Å². The zero-order valence-electron chi connectivity index (χ0n) is 18.5. The Labute approximate surface area is 189 Å². The van der Waals surface area contributed by atoms with Crippen LogP contribution in [0.3, 0.4) is 0 Å². The van der Waals surface area contributed by atoms with Gasteiger partial charge in [0.05, 0.1) is 0 Å². The van der Waals surface area contributed by atoms with Crippen molar-refractivity contribution in [2.24, 2.45) is 5.92 Å². The topological polar surface area (TPSA) is 94.3 Å². The molecule has 170 valence electrons. The van der Waals surface area contributed by atoms with Gasteiger partial charge in [0.25, 0.3) is 16.0 Å². The normalized spacial score (nSPS) is 14.6. The van der Waals surface area contributed by atoms with E-state index in [0.29, 0.717) is 29.2 Å². The molecule has 1 aromatic heterocycles. The molecule has 0 aliphatic heterocycles. The summed E-state index contributed by atoms with van der Waals surface area (Å²) in [6.07, 6.45) is 4.36. The average Bonchev–Trinajstić information content (AvgIpc) is 3.20. The van der Waals surface area contributed by atoms with Crippen LogP contribution in [0, 0.1) is 5.92 Å². The molecule has 1 heterocycles. The Kier molecular flexibility index (Phi) is 7.03. The molecule has 1 saturated carbocycles. The second-order valence-corrected chi connectivity index (χ2v) is 10.4. The lowest BCUT2D eigenvalue weighted by Crippen LogP contribution is -2.37. The van der Waals surface area contributed by atoms with Crippen LogP contribution in [0.1, 0.15) is 44.2 Å². The lowest BCUT2D eigenvalue weighted by Gasteiger charge is -2.26. The van der Waals surface area contributed by atoms with Crippen molar-refractivity contribution in [2.45, 2.75) is 51.3 Å². The SMILES string of the molecule is CC(C)Cc1ccc(-c2nc(-c3ccc(CS(=O)(=O)OCNC4CCC4)cc3)no2)cc1. The second kappa shape index (κ2) is 9.94. The van der Waals surface area contributed by atoms with Crippen LogP contribution in [-0.2, 0) is 26.5 Å². The van der Waals surface area contributed by atoms with E-state index in [0.717, 1.165) is 30.4 Å². The quantitative estimate of drug-likeness (QED) is 0.354. The van der Waals surface area contributed by atoms with E-state index in [1.807, 2.05) is 12.1 Å². The molecule has 1 aliphatic carbocycles. The van der Waals surface area contributed by atoms with Crippen LogP contribution in [0.2, 0.25) is 0 Å². The summed E-state index contributed by atoms with van der Waals surface area (Å²) < 4.78 is 34.9. The first kappa shape index (κ1) is 22.6. The molecule has 0 atom stereocenters. The number of nitrogens with one attached hydrogen (secondary N) is 1.